The highest BCUT2D eigenvalue weighted by molar-refractivity contribution is 7.21. The molecule has 0 fully saturated rings. The lowest BCUT2D eigenvalue weighted by Crippen LogP contribution is -2.39. The maximum atomic E-state index is 12.4. The van der Waals surface area contributed by atoms with E-state index in [0.29, 0.717) is 10.3 Å². The predicted octanol–water partition coefficient (Wildman–Crippen LogP) is 0.787. The summed E-state index contributed by atoms with van der Waals surface area (Å²) >= 11 is 1.10. The minimum atomic E-state index is -0.392. The molecule has 0 amide bonds. The second kappa shape index (κ2) is 4.61. The van der Waals surface area contributed by atoms with Gasteiger partial charge in [0.1, 0.15) is 4.70 Å². The zero-order valence-corrected chi connectivity index (χ0v) is 11.6. The average molecular weight is 288 g/mol. The molecule has 0 aliphatic heterocycles. The summed E-state index contributed by atoms with van der Waals surface area (Å²) in [5.41, 5.74) is 6.12. The lowest BCUT2D eigenvalue weighted by atomic mass is 10.2. The Balaban J connectivity index is 2.26. The SMILES string of the molecule is Cn1c(=O)n(Cc2ccccc2)c(=O)c2sc(N)nc21. The minimum absolute atomic E-state index is 0.236. The fourth-order valence-electron chi connectivity index (χ4n) is 2.08. The maximum Gasteiger partial charge on any atom is 0.332 e. The second-order valence-electron chi connectivity index (χ2n) is 4.42. The molecule has 0 saturated carbocycles. The van der Waals surface area contributed by atoms with Crippen molar-refractivity contribution in [3.8, 4) is 0 Å². The normalized spacial score (nSPS) is 11.1. The molecule has 6 nitrogen and oxygen atoms in total. The number of nitrogen functional groups attached to an aromatic ring is 1. The van der Waals surface area contributed by atoms with Gasteiger partial charge in [-0.25, -0.2) is 9.78 Å². The number of aryl methyl sites for hydroxylation is 1. The van der Waals surface area contributed by atoms with Crippen LogP contribution >= 0.6 is 11.3 Å². The molecule has 7 heteroatoms. The summed E-state index contributed by atoms with van der Waals surface area (Å²) in [6.45, 7) is 0.236. The zero-order valence-electron chi connectivity index (χ0n) is 10.7. The fraction of sp³-hybridized carbons (Fsp3) is 0.154. The van der Waals surface area contributed by atoms with Gasteiger partial charge in [-0.3, -0.25) is 13.9 Å². The van der Waals surface area contributed by atoms with E-state index in [1.54, 1.807) is 7.05 Å². The third-order valence-electron chi connectivity index (χ3n) is 3.08. The molecule has 0 radical (unpaired) electrons. The van der Waals surface area contributed by atoms with Crippen LogP contribution < -0.4 is 17.0 Å². The van der Waals surface area contributed by atoms with Gasteiger partial charge in [-0.2, -0.15) is 0 Å². The molecule has 2 N–H and O–H groups in total. The van der Waals surface area contributed by atoms with Gasteiger partial charge in [-0.15, -0.1) is 0 Å². The summed E-state index contributed by atoms with van der Waals surface area (Å²) in [4.78, 5) is 28.7. The van der Waals surface area contributed by atoms with Gasteiger partial charge in [0, 0.05) is 7.05 Å². The molecule has 0 spiro atoms. The summed E-state index contributed by atoms with van der Waals surface area (Å²) in [7, 11) is 1.59. The number of anilines is 1. The van der Waals surface area contributed by atoms with Crippen molar-refractivity contribution in [2.45, 2.75) is 6.54 Å². The lowest BCUT2D eigenvalue weighted by molar-refractivity contribution is 0.659. The van der Waals surface area contributed by atoms with Gasteiger partial charge in [0.25, 0.3) is 5.56 Å². The Morgan fingerprint density at radius 1 is 1.25 bits per heavy atom. The van der Waals surface area contributed by atoms with Crippen molar-refractivity contribution < 1.29 is 0 Å². The van der Waals surface area contributed by atoms with Gasteiger partial charge in [-0.1, -0.05) is 41.7 Å². The van der Waals surface area contributed by atoms with Crippen molar-refractivity contribution in [3.63, 3.8) is 0 Å². The van der Waals surface area contributed by atoms with E-state index in [0.717, 1.165) is 16.9 Å². The smallest absolute Gasteiger partial charge is 0.332 e. The van der Waals surface area contributed by atoms with E-state index < -0.39 is 5.69 Å². The van der Waals surface area contributed by atoms with Crippen LogP contribution in [0.3, 0.4) is 0 Å². The van der Waals surface area contributed by atoms with E-state index in [1.165, 1.54) is 9.13 Å². The molecule has 0 atom stereocenters. The number of thiazole rings is 1. The van der Waals surface area contributed by atoms with E-state index >= 15 is 0 Å². The van der Waals surface area contributed by atoms with Crippen molar-refractivity contribution in [1.29, 1.82) is 0 Å². The van der Waals surface area contributed by atoms with E-state index in [4.69, 9.17) is 5.73 Å². The van der Waals surface area contributed by atoms with Gasteiger partial charge in [0.15, 0.2) is 10.8 Å². The van der Waals surface area contributed by atoms with Crippen molar-refractivity contribution in [2.75, 3.05) is 5.73 Å². The largest absolute Gasteiger partial charge is 0.375 e. The third-order valence-corrected chi connectivity index (χ3v) is 3.95. The highest BCUT2D eigenvalue weighted by Crippen LogP contribution is 2.18. The van der Waals surface area contributed by atoms with Crippen LogP contribution in [0.4, 0.5) is 5.13 Å². The molecule has 3 aromatic rings. The first-order chi connectivity index (χ1) is 9.58. The Morgan fingerprint density at radius 2 is 1.95 bits per heavy atom. The molecular weight excluding hydrogens is 276 g/mol. The van der Waals surface area contributed by atoms with Crippen LogP contribution in [0.25, 0.3) is 10.3 Å². The number of hydrogen-bond donors (Lipinski definition) is 1. The molecule has 1 aromatic carbocycles. The molecule has 20 heavy (non-hydrogen) atoms. The number of nitrogens with two attached hydrogens (primary N) is 1. The van der Waals surface area contributed by atoms with Gasteiger partial charge in [-0.05, 0) is 5.56 Å². The second-order valence-corrected chi connectivity index (χ2v) is 5.45. The minimum Gasteiger partial charge on any atom is -0.375 e. The highest BCUT2D eigenvalue weighted by atomic mass is 32.1. The molecule has 102 valence electrons. The molecule has 0 aliphatic rings. The number of rotatable bonds is 2. The summed E-state index contributed by atoms with van der Waals surface area (Å²) in [5, 5.41) is 0.282. The molecule has 0 bridgehead atoms. The first-order valence-electron chi connectivity index (χ1n) is 5.97. The first-order valence-corrected chi connectivity index (χ1v) is 6.79. The van der Waals surface area contributed by atoms with Crippen LogP contribution in [0.2, 0.25) is 0 Å². The van der Waals surface area contributed by atoms with Crippen LogP contribution in [0.5, 0.6) is 0 Å². The summed E-state index contributed by atoms with van der Waals surface area (Å²) in [5.74, 6) is 0. The first kappa shape index (κ1) is 12.6. The molecule has 2 aromatic heterocycles. The van der Waals surface area contributed by atoms with Gasteiger partial charge >= 0.3 is 5.69 Å². The zero-order chi connectivity index (χ0) is 14.3. The standard InChI is InChI=1S/C13H12N4O2S/c1-16-10-9(20-12(14)15-10)11(18)17(13(16)19)7-8-5-3-2-4-6-8/h2-6H,7H2,1H3,(H2,14,15). The number of fused-ring (bicyclic) bond motifs is 1. The lowest BCUT2D eigenvalue weighted by Gasteiger charge is -2.07. The molecular formula is C13H12N4O2S. The summed E-state index contributed by atoms with van der Waals surface area (Å²) < 4.78 is 2.96. The van der Waals surface area contributed by atoms with Gasteiger partial charge in [0.2, 0.25) is 0 Å². The Hall–Kier alpha value is -2.41. The Bertz CT molecular complexity index is 892. The number of aromatic nitrogens is 3. The fourth-order valence-corrected chi connectivity index (χ4v) is 2.89. The molecule has 0 unspecified atom stereocenters. The molecule has 3 rings (SSSR count). The van der Waals surface area contributed by atoms with Crippen molar-refractivity contribution in [1.82, 2.24) is 14.1 Å². The van der Waals surface area contributed by atoms with Crippen LogP contribution in [0.15, 0.2) is 39.9 Å². The topological polar surface area (TPSA) is 82.9 Å². The monoisotopic (exact) mass is 288 g/mol. The Labute approximate surface area is 117 Å². The van der Waals surface area contributed by atoms with E-state index in [9.17, 15) is 9.59 Å². The Morgan fingerprint density at radius 3 is 2.65 bits per heavy atom. The van der Waals surface area contributed by atoms with Crippen LogP contribution in [0, 0.1) is 0 Å². The van der Waals surface area contributed by atoms with Crippen LogP contribution in [0.1, 0.15) is 5.56 Å². The quantitative estimate of drug-likeness (QED) is 0.755. The van der Waals surface area contributed by atoms with Crippen LogP contribution in [-0.2, 0) is 13.6 Å². The highest BCUT2D eigenvalue weighted by Gasteiger charge is 2.15. The van der Waals surface area contributed by atoms with Crippen LogP contribution in [-0.4, -0.2) is 14.1 Å². The third kappa shape index (κ3) is 1.92. The molecule has 2 heterocycles. The van der Waals surface area contributed by atoms with E-state index in [-0.39, 0.29) is 17.2 Å². The average Bonchev–Trinajstić information content (AvgIpc) is 2.85. The number of nitrogens with zero attached hydrogens (tertiary/aromatic N) is 3. The number of benzene rings is 1. The van der Waals surface area contributed by atoms with Gasteiger partial charge in [0.05, 0.1) is 6.54 Å². The maximum absolute atomic E-state index is 12.4. The van der Waals surface area contributed by atoms with Crippen molar-refractivity contribution >= 4 is 26.8 Å². The van der Waals surface area contributed by atoms with Gasteiger partial charge < -0.3 is 5.73 Å². The number of hydrogen-bond acceptors (Lipinski definition) is 5. The van der Waals surface area contributed by atoms with E-state index in [2.05, 4.69) is 4.98 Å². The predicted molar refractivity (Wildman–Crippen MR) is 79.1 cm³/mol. The Kier molecular flexibility index (Phi) is 2.90. The van der Waals surface area contributed by atoms with Crippen molar-refractivity contribution in [3.05, 3.63) is 56.7 Å². The summed E-state index contributed by atoms with van der Waals surface area (Å²) in [6.07, 6.45) is 0. The molecule has 0 saturated heterocycles. The van der Waals surface area contributed by atoms with Crippen molar-refractivity contribution in [2.24, 2.45) is 7.05 Å². The van der Waals surface area contributed by atoms with E-state index in [1.807, 2.05) is 30.3 Å². The molecule has 0 aliphatic carbocycles. The summed E-state index contributed by atoms with van der Waals surface area (Å²) in [6, 6.07) is 9.37.